The fourth-order valence-corrected chi connectivity index (χ4v) is 2.07. The van der Waals surface area contributed by atoms with Crippen molar-refractivity contribution >= 4 is 5.69 Å². The summed E-state index contributed by atoms with van der Waals surface area (Å²) in [4.78, 5) is 0. The smallest absolute Gasteiger partial charge is 0.112 e. The number of aliphatic hydroxyl groups is 1. The number of nitrogens with two attached hydrogens (primary N) is 1. The molecule has 2 atom stereocenters. The molecule has 0 saturated heterocycles. The Hall–Kier alpha value is -1.88. The van der Waals surface area contributed by atoms with Gasteiger partial charge in [0.05, 0.1) is 11.9 Å². The number of anilines is 1. The van der Waals surface area contributed by atoms with Crippen LogP contribution in [0.4, 0.5) is 5.69 Å². The second-order valence-electron chi connectivity index (χ2n) is 4.89. The first-order valence-electron chi connectivity index (χ1n) is 6.58. The Morgan fingerprint density at radius 3 is 2.63 bits per heavy atom. The molecule has 19 heavy (non-hydrogen) atoms. The monoisotopic (exact) mass is 260 g/mol. The van der Waals surface area contributed by atoms with Gasteiger partial charge >= 0.3 is 0 Å². The third kappa shape index (κ3) is 3.12. The summed E-state index contributed by atoms with van der Waals surface area (Å²) in [7, 11) is 0. The molecule has 3 N–H and O–H groups in total. The number of nitrogen functional groups attached to an aromatic ring is 1. The van der Waals surface area contributed by atoms with Gasteiger partial charge in [-0.15, -0.1) is 5.10 Å². The molecule has 0 aliphatic rings. The largest absolute Gasteiger partial charge is 0.399 e. The Balaban J connectivity index is 2.16. The first kappa shape index (κ1) is 13.5. The fourth-order valence-electron chi connectivity index (χ4n) is 2.07. The van der Waals surface area contributed by atoms with Gasteiger partial charge in [-0.2, -0.15) is 0 Å². The number of hydrogen-bond acceptors (Lipinski definition) is 4. The van der Waals surface area contributed by atoms with Crippen molar-refractivity contribution in [2.45, 2.75) is 32.8 Å². The topological polar surface area (TPSA) is 77.0 Å². The molecule has 0 aliphatic carbocycles. The summed E-state index contributed by atoms with van der Waals surface area (Å²) in [5, 5.41) is 18.3. The van der Waals surface area contributed by atoms with Gasteiger partial charge in [0, 0.05) is 5.69 Å². The maximum atomic E-state index is 10.2. The highest BCUT2D eigenvalue weighted by Gasteiger charge is 2.19. The van der Waals surface area contributed by atoms with Gasteiger partial charge in [-0.3, -0.25) is 0 Å². The minimum atomic E-state index is -0.567. The van der Waals surface area contributed by atoms with E-state index in [2.05, 4.69) is 17.2 Å². The summed E-state index contributed by atoms with van der Waals surface area (Å²) in [6, 6.07) is 7.37. The molecule has 0 aliphatic heterocycles. The van der Waals surface area contributed by atoms with Gasteiger partial charge in [-0.1, -0.05) is 25.5 Å². The minimum Gasteiger partial charge on any atom is -0.399 e. The summed E-state index contributed by atoms with van der Waals surface area (Å²) in [5.74, 6) is 0.182. The molecule has 0 saturated carbocycles. The lowest BCUT2D eigenvalue weighted by atomic mass is 9.97. The van der Waals surface area contributed by atoms with Crippen LogP contribution in [-0.2, 0) is 0 Å². The summed E-state index contributed by atoms with van der Waals surface area (Å²) in [6.07, 6.45) is 3.21. The average molecular weight is 260 g/mol. The molecule has 1 heterocycles. The maximum absolute atomic E-state index is 10.2. The predicted octanol–water partition coefficient (Wildman–Crippen LogP) is 2.32. The molecular formula is C14H20N4O. The number of benzene rings is 1. The van der Waals surface area contributed by atoms with Gasteiger partial charge in [-0.05, 0) is 36.6 Å². The Labute approximate surface area is 113 Å². The number of nitrogens with zero attached hydrogens (tertiary/aromatic N) is 3. The van der Waals surface area contributed by atoms with E-state index in [4.69, 9.17) is 5.73 Å². The minimum absolute atomic E-state index is 0.182. The number of aromatic nitrogens is 3. The predicted molar refractivity (Wildman–Crippen MR) is 74.8 cm³/mol. The molecule has 0 spiro atoms. The lowest BCUT2D eigenvalue weighted by Crippen LogP contribution is -2.09. The molecule has 0 radical (unpaired) electrons. The first-order chi connectivity index (χ1) is 9.11. The molecule has 0 fully saturated rings. The SMILES string of the molecule is CCCC(C)C(O)c1cn(-c2ccc(N)cc2)nn1. The zero-order chi connectivity index (χ0) is 13.8. The van der Waals surface area contributed by atoms with E-state index in [9.17, 15) is 5.11 Å². The van der Waals surface area contributed by atoms with Crippen molar-refractivity contribution in [2.24, 2.45) is 5.92 Å². The van der Waals surface area contributed by atoms with E-state index in [1.54, 1.807) is 10.9 Å². The molecule has 1 aromatic carbocycles. The normalized spacial score (nSPS) is 14.3. The van der Waals surface area contributed by atoms with Gasteiger partial charge in [0.25, 0.3) is 0 Å². The van der Waals surface area contributed by atoms with Crippen LogP contribution in [0.1, 0.15) is 38.5 Å². The van der Waals surface area contributed by atoms with Gasteiger partial charge < -0.3 is 10.8 Å². The molecule has 102 valence electrons. The molecule has 5 heteroatoms. The molecule has 0 bridgehead atoms. The van der Waals surface area contributed by atoms with Crippen LogP contribution in [0.25, 0.3) is 5.69 Å². The van der Waals surface area contributed by atoms with Crippen molar-refractivity contribution in [1.29, 1.82) is 0 Å². The van der Waals surface area contributed by atoms with Gasteiger partial charge in [-0.25, -0.2) is 4.68 Å². The van der Waals surface area contributed by atoms with E-state index in [1.165, 1.54) is 0 Å². The molecule has 2 unspecified atom stereocenters. The van der Waals surface area contributed by atoms with Gasteiger partial charge in [0.15, 0.2) is 0 Å². The van der Waals surface area contributed by atoms with Crippen molar-refractivity contribution in [3.63, 3.8) is 0 Å². The van der Waals surface area contributed by atoms with Crippen LogP contribution in [0.3, 0.4) is 0 Å². The molecule has 0 amide bonds. The van der Waals surface area contributed by atoms with Crippen LogP contribution in [-0.4, -0.2) is 20.1 Å². The zero-order valence-corrected chi connectivity index (χ0v) is 11.3. The Kier molecular flexibility index (Phi) is 4.16. The van der Waals surface area contributed by atoms with Gasteiger partial charge in [0.1, 0.15) is 11.8 Å². The van der Waals surface area contributed by atoms with Crippen molar-refractivity contribution in [3.8, 4) is 5.69 Å². The summed E-state index contributed by atoms with van der Waals surface area (Å²) >= 11 is 0. The van der Waals surface area contributed by atoms with E-state index in [-0.39, 0.29) is 5.92 Å². The van der Waals surface area contributed by atoms with Crippen molar-refractivity contribution in [2.75, 3.05) is 5.73 Å². The van der Waals surface area contributed by atoms with Crippen molar-refractivity contribution < 1.29 is 5.11 Å². The van der Waals surface area contributed by atoms with Crippen LogP contribution < -0.4 is 5.73 Å². The van der Waals surface area contributed by atoms with E-state index in [0.717, 1.165) is 18.5 Å². The van der Waals surface area contributed by atoms with E-state index < -0.39 is 6.10 Å². The molecule has 5 nitrogen and oxygen atoms in total. The maximum Gasteiger partial charge on any atom is 0.112 e. The second-order valence-corrected chi connectivity index (χ2v) is 4.89. The molecular weight excluding hydrogens is 240 g/mol. The van der Waals surface area contributed by atoms with Crippen LogP contribution in [0, 0.1) is 5.92 Å². The van der Waals surface area contributed by atoms with E-state index in [0.29, 0.717) is 11.4 Å². The lowest BCUT2D eigenvalue weighted by molar-refractivity contribution is 0.108. The quantitative estimate of drug-likeness (QED) is 0.809. The highest BCUT2D eigenvalue weighted by Crippen LogP contribution is 2.24. The Bertz CT molecular complexity index is 520. The zero-order valence-electron chi connectivity index (χ0n) is 11.3. The number of hydrogen-bond donors (Lipinski definition) is 2. The molecule has 2 aromatic rings. The third-order valence-electron chi connectivity index (χ3n) is 3.25. The van der Waals surface area contributed by atoms with Crippen molar-refractivity contribution in [3.05, 3.63) is 36.2 Å². The van der Waals surface area contributed by atoms with E-state index in [1.807, 2.05) is 31.2 Å². The fraction of sp³-hybridized carbons (Fsp3) is 0.429. The second kappa shape index (κ2) is 5.84. The standard InChI is InChI=1S/C14H20N4O/c1-3-4-10(2)14(19)13-9-18(17-16-13)12-7-5-11(15)6-8-12/h5-10,14,19H,3-4,15H2,1-2H3. The Morgan fingerprint density at radius 1 is 1.32 bits per heavy atom. The number of rotatable bonds is 5. The van der Waals surface area contributed by atoms with Crippen molar-refractivity contribution in [1.82, 2.24) is 15.0 Å². The Morgan fingerprint density at radius 2 is 2.00 bits per heavy atom. The summed E-state index contributed by atoms with van der Waals surface area (Å²) < 4.78 is 1.65. The van der Waals surface area contributed by atoms with E-state index >= 15 is 0 Å². The van der Waals surface area contributed by atoms with Crippen LogP contribution in [0.15, 0.2) is 30.5 Å². The van der Waals surface area contributed by atoms with Crippen LogP contribution >= 0.6 is 0 Å². The summed E-state index contributed by atoms with van der Waals surface area (Å²) in [6.45, 7) is 4.13. The average Bonchev–Trinajstić information content (AvgIpc) is 2.88. The first-order valence-corrected chi connectivity index (χ1v) is 6.58. The molecule has 1 aromatic heterocycles. The summed E-state index contributed by atoms with van der Waals surface area (Å²) in [5.41, 5.74) is 7.84. The highest BCUT2D eigenvalue weighted by atomic mass is 16.3. The lowest BCUT2D eigenvalue weighted by Gasteiger charge is -2.15. The van der Waals surface area contributed by atoms with Gasteiger partial charge in [0.2, 0.25) is 0 Å². The van der Waals surface area contributed by atoms with Crippen LogP contribution in [0.2, 0.25) is 0 Å². The number of aliphatic hydroxyl groups excluding tert-OH is 1. The highest BCUT2D eigenvalue weighted by molar-refractivity contribution is 5.44. The molecule has 2 rings (SSSR count). The third-order valence-corrected chi connectivity index (χ3v) is 3.25. The van der Waals surface area contributed by atoms with Crippen LogP contribution in [0.5, 0.6) is 0 Å².